The van der Waals surface area contributed by atoms with E-state index in [1.54, 1.807) is 6.92 Å². The van der Waals surface area contributed by atoms with E-state index in [1.165, 1.54) is 19.3 Å². The van der Waals surface area contributed by atoms with Crippen molar-refractivity contribution in [2.24, 2.45) is 0 Å². The lowest BCUT2D eigenvalue weighted by Gasteiger charge is -1.94. The molecule has 3 nitrogen and oxygen atoms in total. The molecule has 0 heterocycles. The summed E-state index contributed by atoms with van der Waals surface area (Å²) in [5.74, 6) is 0. The third kappa shape index (κ3) is 9.94. The third-order valence-electron chi connectivity index (χ3n) is 1.68. The first kappa shape index (κ1) is 13.0. The highest BCUT2D eigenvalue weighted by Gasteiger charge is 2.17. The van der Waals surface area contributed by atoms with Gasteiger partial charge in [-0.3, -0.25) is 0 Å². The Balaban J connectivity index is 3.02. The van der Waals surface area contributed by atoms with Gasteiger partial charge in [0.2, 0.25) is 0 Å². The van der Waals surface area contributed by atoms with Crippen LogP contribution in [0.5, 0.6) is 0 Å². The van der Waals surface area contributed by atoms with Gasteiger partial charge >= 0.3 is 8.25 Å². The van der Waals surface area contributed by atoms with Crippen molar-refractivity contribution in [3.63, 3.8) is 0 Å². The van der Waals surface area contributed by atoms with E-state index in [0.717, 1.165) is 12.8 Å². The summed E-state index contributed by atoms with van der Waals surface area (Å²) < 4.78 is 20.5. The Bertz CT molecular complexity index is 128. The van der Waals surface area contributed by atoms with Crippen LogP contribution >= 0.6 is 8.25 Å². The summed E-state index contributed by atoms with van der Waals surface area (Å²) in [6.45, 7) is 4.99. The SMILES string of the molecule is CCCCCCCO[P+](=O)OCC. The second kappa shape index (κ2) is 10.1. The molecule has 0 N–H and O–H groups in total. The molecule has 0 spiro atoms. The van der Waals surface area contributed by atoms with Crippen LogP contribution < -0.4 is 0 Å². The zero-order valence-corrected chi connectivity index (χ0v) is 9.52. The molecule has 0 aromatic rings. The fraction of sp³-hybridized carbons (Fsp3) is 1.00. The molecule has 0 aliphatic carbocycles. The van der Waals surface area contributed by atoms with Gasteiger partial charge in [0.25, 0.3) is 0 Å². The highest BCUT2D eigenvalue weighted by Crippen LogP contribution is 2.23. The highest BCUT2D eigenvalue weighted by atomic mass is 31.1. The van der Waals surface area contributed by atoms with Gasteiger partial charge in [-0.2, -0.15) is 0 Å². The van der Waals surface area contributed by atoms with Crippen LogP contribution in [0.25, 0.3) is 0 Å². The van der Waals surface area contributed by atoms with Crippen molar-refractivity contribution >= 4 is 8.25 Å². The molecule has 1 unspecified atom stereocenters. The lowest BCUT2D eigenvalue weighted by atomic mass is 10.2. The molecule has 0 bridgehead atoms. The Morgan fingerprint density at radius 2 is 1.69 bits per heavy atom. The highest BCUT2D eigenvalue weighted by molar-refractivity contribution is 7.33. The molecule has 0 saturated heterocycles. The smallest absolute Gasteiger partial charge is 0.119 e. The van der Waals surface area contributed by atoms with Crippen LogP contribution in [-0.4, -0.2) is 13.2 Å². The normalized spacial score (nSPS) is 11.7. The first-order chi connectivity index (χ1) is 6.31. The van der Waals surface area contributed by atoms with E-state index in [2.05, 4.69) is 6.92 Å². The lowest BCUT2D eigenvalue weighted by molar-refractivity contribution is 0.229. The van der Waals surface area contributed by atoms with Crippen LogP contribution in [0, 0.1) is 0 Å². The molecule has 13 heavy (non-hydrogen) atoms. The molecule has 78 valence electrons. The van der Waals surface area contributed by atoms with Gasteiger partial charge in [0.1, 0.15) is 13.2 Å². The number of unbranched alkanes of at least 4 members (excludes halogenated alkanes) is 4. The summed E-state index contributed by atoms with van der Waals surface area (Å²) >= 11 is 0. The molecule has 1 atom stereocenters. The van der Waals surface area contributed by atoms with Gasteiger partial charge in [-0.05, 0) is 13.3 Å². The molecule has 0 rings (SSSR count). The van der Waals surface area contributed by atoms with Gasteiger partial charge in [0.05, 0.1) is 0 Å². The third-order valence-corrected chi connectivity index (χ3v) is 2.54. The van der Waals surface area contributed by atoms with E-state index in [4.69, 9.17) is 9.05 Å². The zero-order chi connectivity index (χ0) is 9.94. The number of hydrogen-bond acceptors (Lipinski definition) is 3. The first-order valence-electron chi connectivity index (χ1n) is 5.04. The summed E-state index contributed by atoms with van der Waals surface area (Å²) in [7, 11) is -1.86. The predicted octanol–water partition coefficient (Wildman–Crippen LogP) is 3.67. The van der Waals surface area contributed by atoms with Crippen molar-refractivity contribution in [1.29, 1.82) is 0 Å². The van der Waals surface area contributed by atoms with Gasteiger partial charge in [-0.1, -0.05) is 32.6 Å². The Kier molecular flexibility index (Phi) is 10.1. The van der Waals surface area contributed by atoms with Crippen molar-refractivity contribution in [1.82, 2.24) is 0 Å². The molecule has 0 saturated carbocycles. The fourth-order valence-corrected chi connectivity index (χ4v) is 1.55. The largest absolute Gasteiger partial charge is 0.697 e. The van der Waals surface area contributed by atoms with Crippen LogP contribution in [0.1, 0.15) is 46.0 Å². The lowest BCUT2D eigenvalue weighted by Crippen LogP contribution is -1.89. The van der Waals surface area contributed by atoms with Crippen molar-refractivity contribution in [3.05, 3.63) is 0 Å². The molecular weight excluding hydrogens is 187 g/mol. The monoisotopic (exact) mass is 207 g/mol. The molecule has 4 heteroatoms. The van der Waals surface area contributed by atoms with E-state index in [9.17, 15) is 4.57 Å². The van der Waals surface area contributed by atoms with Crippen LogP contribution in [0.3, 0.4) is 0 Å². The molecule has 0 aromatic carbocycles. The molecule has 0 aliphatic heterocycles. The van der Waals surface area contributed by atoms with Crippen LogP contribution in [0.2, 0.25) is 0 Å². The van der Waals surface area contributed by atoms with Gasteiger partial charge < -0.3 is 0 Å². The van der Waals surface area contributed by atoms with E-state index >= 15 is 0 Å². The Morgan fingerprint density at radius 1 is 1.00 bits per heavy atom. The first-order valence-corrected chi connectivity index (χ1v) is 6.13. The second-order valence-electron chi connectivity index (χ2n) is 2.89. The molecular formula is C9H20O3P+. The number of rotatable bonds is 9. The van der Waals surface area contributed by atoms with Crippen LogP contribution in [0.4, 0.5) is 0 Å². The van der Waals surface area contributed by atoms with E-state index in [-0.39, 0.29) is 0 Å². The summed E-state index contributed by atoms with van der Waals surface area (Å²) in [5, 5.41) is 0. The summed E-state index contributed by atoms with van der Waals surface area (Å²) in [6.07, 6.45) is 5.90. The minimum atomic E-state index is -1.86. The molecule has 0 radical (unpaired) electrons. The van der Waals surface area contributed by atoms with Gasteiger partial charge in [0.15, 0.2) is 0 Å². The summed E-state index contributed by atoms with van der Waals surface area (Å²) in [5.41, 5.74) is 0. The molecule has 0 aliphatic rings. The molecule has 0 amide bonds. The average Bonchev–Trinajstić information content (AvgIpc) is 2.11. The predicted molar refractivity (Wildman–Crippen MR) is 53.9 cm³/mol. The van der Waals surface area contributed by atoms with Crippen molar-refractivity contribution in [3.8, 4) is 0 Å². The van der Waals surface area contributed by atoms with Crippen molar-refractivity contribution in [2.75, 3.05) is 13.2 Å². The van der Waals surface area contributed by atoms with Gasteiger partial charge in [-0.15, -0.1) is 9.05 Å². The Hall–Kier alpha value is 0.0200. The minimum Gasteiger partial charge on any atom is -0.119 e. The van der Waals surface area contributed by atoms with Crippen LogP contribution in [-0.2, 0) is 13.6 Å². The standard InChI is InChI=1S/C9H20O3P/c1-3-5-6-7-8-9-12-13(10)11-4-2/h3-9H2,1-2H3/q+1. The summed E-state index contributed by atoms with van der Waals surface area (Å²) in [4.78, 5) is 0. The maximum atomic E-state index is 10.8. The molecule has 0 fully saturated rings. The van der Waals surface area contributed by atoms with E-state index < -0.39 is 8.25 Å². The van der Waals surface area contributed by atoms with E-state index in [1.807, 2.05) is 0 Å². The van der Waals surface area contributed by atoms with Crippen molar-refractivity contribution < 1.29 is 13.6 Å². The number of hydrogen-bond donors (Lipinski definition) is 0. The average molecular weight is 207 g/mol. The van der Waals surface area contributed by atoms with Crippen LogP contribution in [0.15, 0.2) is 0 Å². The Morgan fingerprint density at radius 3 is 2.31 bits per heavy atom. The zero-order valence-electron chi connectivity index (χ0n) is 8.62. The van der Waals surface area contributed by atoms with Gasteiger partial charge in [0, 0.05) is 4.57 Å². The summed E-state index contributed by atoms with van der Waals surface area (Å²) in [6, 6.07) is 0. The minimum absolute atomic E-state index is 0.449. The second-order valence-corrected chi connectivity index (χ2v) is 3.85. The maximum Gasteiger partial charge on any atom is 0.697 e. The maximum absolute atomic E-state index is 10.8. The fourth-order valence-electron chi connectivity index (χ4n) is 0.987. The quantitative estimate of drug-likeness (QED) is 0.427. The molecule has 0 aromatic heterocycles. The van der Waals surface area contributed by atoms with Crippen molar-refractivity contribution in [2.45, 2.75) is 46.0 Å². The van der Waals surface area contributed by atoms with E-state index in [0.29, 0.717) is 13.2 Å². The Labute approximate surface area is 81.8 Å². The van der Waals surface area contributed by atoms with Gasteiger partial charge in [-0.25, -0.2) is 0 Å². The topological polar surface area (TPSA) is 35.5 Å².